The molecule has 0 unspecified atom stereocenters. The summed E-state index contributed by atoms with van der Waals surface area (Å²) in [7, 11) is 1.79. The first-order chi connectivity index (χ1) is 11.1. The van der Waals surface area contributed by atoms with E-state index in [2.05, 4.69) is 26.1 Å². The molecule has 120 valence electrons. The summed E-state index contributed by atoms with van der Waals surface area (Å²) >= 11 is 5.04. The lowest BCUT2D eigenvalue weighted by Gasteiger charge is -2.15. The van der Waals surface area contributed by atoms with E-state index in [1.807, 2.05) is 12.1 Å². The highest BCUT2D eigenvalue weighted by Crippen LogP contribution is 2.23. The van der Waals surface area contributed by atoms with Crippen LogP contribution in [-0.4, -0.2) is 28.0 Å². The molecule has 0 aliphatic carbocycles. The Labute approximate surface area is 145 Å². The number of aromatic nitrogens is 2. The number of furan rings is 1. The zero-order valence-electron chi connectivity index (χ0n) is 12.4. The Morgan fingerprint density at radius 1 is 1.39 bits per heavy atom. The number of carbonyl (C=O) groups excluding carboxylic acids is 1. The van der Waals surface area contributed by atoms with Crippen LogP contribution in [0.5, 0.6) is 0 Å². The molecule has 3 aromatic rings. The Hall–Kier alpha value is -1.93. The average Bonchev–Trinajstić information content (AvgIpc) is 3.26. The zero-order valence-corrected chi connectivity index (χ0v) is 14.8. The van der Waals surface area contributed by atoms with Crippen LogP contribution in [0.15, 0.2) is 43.3 Å². The summed E-state index contributed by atoms with van der Waals surface area (Å²) in [6.45, 7) is 0.594. The molecule has 0 aliphatic heterocycles. The summed E-state index contributed by atoms with van der Waals surface area (Å²) < 4.78 is 11.4. The van der Waals surface area contributed by atoms with Crippen molar-refractivity contribution in [3.8, 4) is 11.6 Å². The lowest BCUT2D eigenvalue weighted by molar-refractivity contribution is -0.130. The quantitative estimate of drug-likeness (QED) is 0.635. The molecule has 0 radical (unpaired) electrons. The Morgan fingerprint density at radius 2 is 2.26 bits per heavy atom. The van der Waals surface area contributed by atoms with Gasteiger partial charge in [-0.2, -0.15) is 4.98 Å². The number of aryl methyl sites for hydroxylation is 1. The third-order valence-electron chi connectivity index (χ3n) is 3.21. The van der Waals surface area contributed by atoms with E-state index in [-0.39, 0.29) is 5.91 Å². The molecule has 3 heterocycles. The Bertz CT molecular complexity index is 782. The van der Waals surface area contributed by atoms with Crippen molar-refractivity contribution in [3.63, 3.8) is 0 Å². The lowest BCUT2D eigenvalue weighted by Crippen LogP contribution is -2.26. The molecular weight excluding hydrogens is 382 g/mol. The van der Waals surface area contributed by atoms with Crippen molar-refractivity contribution < 1.29 is 13.7 Å². The van der Waals surface area contributed by atoms with Gasteiger partial charge in [0.15, 0.2) is 5.76 Å². The fourth-order valence-electron chi connectivity index (χ4n) is 2.03. The molecule has 0 saturated carbocycles. The highest BCUT2D eigenvalue weighted by atomic mass is 79.9. The van der Waals surface area contributed by atoms with Crippen LogP contribution in [0, 0.1) is 0 Å². The molecule has 3 rings (SSSR count). The van der Waals surface area contributed by atoms with E-state index in [1.54, 1.807) is 41.7 Å². The SMILES string of the molecule is CN(Cc1ccc(Br)s1)C(=O)CCc1nc(-c2ccco2)no1. The molecule has 0 saturated heterocycles. The van der Waals surface area contributed by atoms with E-state index in [9.17, 15) is 4.79 Å². The van der Waals surface area contributed by atoms with Crippen molar-refractivity contribution in [3.05, 3.63) is 45.1 Å². The molecule has 0 aromatic carbocycles. The maximum Gasteiger partial charge on any atom is 0.238 e. The van der Waals surface area contributed by atoms with Gasteiger partial charge in [-0.25, -0.2) is 0 Å². The number of carbonyl (C=O) groups is 1. The van der Waals surface area contributed by atoms with Crippen LogP contribution in [-0.2, 0) is 17.8 Å². The first-order valence-electron chi connectivity index (χ1n) is 6.96. The normalized spacial score (nSPS) is 10.9. The summed E-state index contributed by atoms with van der Waals surface area (Å²) in [5.41, 5.74) is 0. The Morgan fingerprint density at radius 3 is 2.96 bits per heavy atom. The number of thiophene rings is 1. The van der Waals surface area contributed by atoms with Gasteiger partial charge in [-0.15, -0.1) is 11.3 Å². The van der Waals surface area contributed by atoms with Crippen LogP contribution >= 0.6 is 27.3 Å². The van der Waals surface area contributed by atoms with E-state index in [4.69, 9.17) is 8.94 Å². The summed E-state index contributed by atoms with van der Waals surface area (Å²) in [5.74, 6) is 1.41. The first-order valence-corrected chi connectivity index (χ1v) is 8.57. The van der Waals surface area contributed by atoms with E-state index in [0.29, 0.717) is 36.9 Å². The highest BCUT2D eigenvalue weighted by Gasteiger charge is 2.15. The topological polar surface area (TPSA) is 72.4 Å². The van der Waals surface area contributed by atoms with Crippen molar-refractivity contribution >= 4 is 33.2 Å². The predicted octanol–water partition coefficient (Wildman–Crippen LogP) is 3.74. The molecule has 0 N–H and O–H groups in total. The van der Waals surface area contributed by atoms with Crippen LogP contribution in [0.2, 0.25) is 0 Å². The van der Waals surface area contributed by atoms with Gasteiger partial charge in [-0.1, -0.05) is 5.16 Å². The summed E-state index contributed by atoms with van der Waals surface area (Å²) in [4.78, 5) is 19.2. The van der Waals surface area contributed by atoms with E-state index in [1.165, 1.54) is 0 Å². The Kier molecular flexibility index (Phi) is 4.92. The van der Waals surface area contributed by atoms with Gasteiger partial charge in [-0.05, 0) is 40.2 Å². The summed E-state index contributed by atoms with van der Waals surface area (Å²) in [6, 6.07) is 7.50. The maximum absolute atomic E-state index is 12.2. The van der Waals surface area contributed by atoms with Crippen LogP contribution < -0.4 is 0 Å². The molecule has 0 spiro atoms. The van der Waals surface area contributed by atoms with Gasteiger partial charge in [-0.3, -0.25) is 4.79 Å². The molecule has 1 amide bonds. The molecule has 0 fully saturated rings. The molecule has 6 nitrogen and oxygen atoms in total. The molecule has 0 aliphatic rings. The van der Waals surface area contributed by atoms with Crippen LogP contribution in [0.3, 0.4) is 0 Å². The van der Waals surface area contributed by atoms with Gasteiger partial charge >= 0.3 is 0 Å². The largest absolute Gasteiger partial charge is 0.461 e. The second-order valence-electron chi connectivity index (χ2n) is 4.94. The van der Waals surface area contributed by atoms with Gasteiger partial charge in [0, 0.05) is 24.8 Å². The first kappa shape index (κ1) is 15.9. The molecule has 3 aromatic heterocycles. The molecule has 0 atom stereocenters. The van der Waals surface area contributed by atoms with Gasteiger partial charge in [0.25, 0.3) is 0 Å². The zero-order chi connectivity index (χ0) is 16.2. The number of halogens is 1. The molecule has 23 heavy (non-hydrogen) atoms. The van der Waals surface area contributed by atoms with Gasteiger partial charge in [0.05, 0.1) is 16.6 Å². The number of hydrogen-bond acceptors (Lipinski definition) is 6. The highest BCUT2D eigenvalue weighted by molar-refractivity contribution is 9.11. The van der Waals surface area contributed by atoms with Gasteiger partial charge in [0.2, 0.25) is 17.6 Å². The number of nitrogens with zero attached hydrogens (tertiary/aromatic N) is 3. The maximum atomic E-state index is 12.2. The van der Waals surface area contributed by atoms with Crippen LogP contribution in [0.25, 0.3) is 11.6 Å². The smallest absolute Gasteiger partial charge is 0.238 e. The summed E-state index contributed by atoms with van der Waals surface area (Å²) in [5, 5.41) is 3.84. The Balaban J connectivity index is 1.52. The third-order valence-corrected chi connectivity index (χ3v) is 4.82. The summed E-state index contributed by atoms with van der Waals surface area (Å²) in [6.07, 6.45) is 2.28. The fourth-order valence-corrected chi connectivity index (χ4v) is 3.56. The minimum atomic E-state index is 0.0345. The van der Waals surface area contributed by atoms with Crippen molar-refractivity contribution in [1.82, 2.24) is 15.0 Å². The average molecular weight is 396 g/mol. The minimum absolute atomic E-state index is 0.0345. The van der Waals surface area contributed by atoms with E-state index in [0.717, 1.165) is 8.66 Å². The minimum Gasteiger partial charge on any atom is -0.461 e. The van der Waals surface area contributed by atoms with E-state index >= 15 is 0 Å². The fraction of sp³-hybridized carbons (Fsp3) is 0.267. The van der Waals surface area contributed by atoms with Gasteiger partial charge in [0.1, 0.15) is 0 Å². The third kappa shape index (κ3) is 4.08. The van der Waals surface area contributed by atoms with Gasteiger partial charge < -0.3 is 13.8 Å². The standard InChI is InChI=1S/C15H14BrN3O3S/c1-19(9-10-4-5-12(16)23-10)14(20)7-6-13-17-15(18-22-13)11-3-2-8-21-11/h2-5,8H,6-7,9H2,1H3. The molecule has 0 bridgehead atoms. The van der Waals surface area contributed by atoms with Crippen molar-refractivity contribution in [2.75, 3.05) is 7.05 Å². The van der Waals surface area contributed by atoms with Crippen LogP contribution in [0.4, 0.5) is 0 Å². The van der Waals surface area contributed by atoms with Crippen LogP contribution in [0.1, 0.15) is 17.2 Å². The number of hydrogen-bond donors (Lipinski definition) is 0. The second-order valence-corrected chi connectivity index (χ2v) is 7.49. The number of rotatable bonds is 6. The predicted molar refractivity (Wildman–Crippen MR) is 88.8 cm³/mol. The van der Waals surface area contributed by atoms with Crippen molar-refractivity contribution in [2.24, 2.45) is 0 Å². The number of amides is 1. The second kappa shape index (κ2) is 7.10. The van der Waals surface area contributed by atoms with Crippen molar-refractivity contribution in [1.29, 1.82) is 0 Å². The monoisotopic (exact) mass is 395 g/mol. The lowest BCUT2D eigenvalue weighted by atomic mass is 10.2. The molecule has 8 heteroatoms. The van der Waals surface area contributed by atoms with Crippen molar-refractivity contribution in [2.45, 2.75) is 19.4 Å². The molecular formula is C15H14BrN3O3S. The van der Waals surface area contributed by atoms with E-state index < -0.39 is 0 Å².